The van der Waals surface area contributed by atoms with Gasteiger partial charge in [-0.25, -0.2) is 4.98 Å². The molecule has 0 spiro atoms. The highest BCUT2D eigenvalue weighted by atomic mass is 16.1. The lowest BCUT2D eigenvalue weighted by molar-refractivity contribution is 0.716. The van der Waals surface area contributed by atoms with Gasteiger partial charge in [0.1, 0.15) is 0 Å². The zero-order valence-corrected chi connectivity index (χ0v) is 11.9. The predicted molar refractivity (Wildman–Crippen MR) is 78.1 cm³/mol. The fourth-order valence-electron chi connectivity index (χ4n) is 2.16. The summed E-state index contributed by atoms with van der Waals surface area (Å²) in [5.74, 6) is 0.356. The maximum atomic E-state index is 11.7. The summed E-state index contributed by atoms with van der Waals surface area (Å²) in [6, 6.07) is 5.12. The van der Waals surface area contributed by atoms with Crippen LogP contribution in [-0.2, 0) is 6.42 Å². The van der Waals surface area contributed by atoms with E-state index in [1.54, 1.807) is 6.07 Å². The Balaban J connectivity index is 2.25. The van der Waals surface area contributed by atoms with Gasteiger partial charge in [-0.3, -0.25) is 9.59 Å². The van der Waals surface area contributed by atoms with Crippen LogP contribution in [0.5, 0.6) is 0 Å². The van der Waals surface area contributed by atoms with Crippen LogP contribution in [0.1, 0.15) is 49.6 Å². The summed E-state index contributed by atoms with van der Waals surface area (Å²) in [7, 11) is 0. The number of pyridine rings is 1. The summed E-state index contributed by atoms with van der Waals surface area (Å²) in [6.07, 6.45) is 2.09. The molecular formula is C15H19N3O2. The lowest BCUT2D eigenvalue weighted by Gasteiger charge is -2.12. The zero-order valence-electron chi connectivity index (χ0n) is 11.9. The Morgan fingerprint density at radius 3 is 2.50 bits per heavy atom. The Kier molecular flexibility index (Phi) is 4.17. The molecular weight excluding hydrogens is 254 g/mol. The van der Waals surface area contributed by atoms with Crippen molar-refractivity contribution in [2.24, 2.45) is 0 Å². The number of rotatable bonds is 4. The van der Waals surface area contributed by atoms with Crippen molar-refractivity contribution in [3.8, 4) is 0 Å². The molecule has 2 heterocycles. The van der Waals surface area contributed by atoms with Crippen LogP contribution in [0.2, 0.25) is 0 Å². The first-order valence-corrected chi connectivity index (χ1v) is 6.73. The van der Waals surface area contributed by atoms with E-state index in [0.29, 0.717) is 6.42 Å². The third-order valence-electron chi connectivity index (χ3n) is 3.29. The van der Waals surface area contributed by atoms with Crippen LogP contribution in [-0.4, -0.2) is 15.0 Å². The van der Waals surface area contributed by atoms with Crippen molar-refractivity contribution in [2.45, 2.75) is 39.0 Å². The van der Waals surface area contributed by atoms with Gasteiger partial charge in [-0.1, -0.05) is 20.8 Å². The number of nitrogens with zero attached hydrogens (tertiary/aromatic N) is 1. The third kappa shape index (κ3) is 3.44. The van der Waals surface area contributed by atoms with Crippen LogP contribution in [0.15, 0.2) is 34.1 Å². The van der Waals surface area contributed by atoms with Crippen LogP contribution in [0.4, 0.5) is 0 Å². The van der Waals surface area contributed by atoms with Crippen molar-refractivity contribution in [1.29, 1.82) is 0 Å². The second-order valence-electron chi connectivity index (χ2n) is 5.40. The Labute approximate surface area is 117 Å². The van der Waals surface area contributed by atoms with Crippen molar-refractivity contribution in [1.82, 2.24) is 15.0 Å². The summed E-state index contributed by atoms with van der Waals surface area (Å²) in [4.78, 5) is 32.5. The Morgan fingerprint density at radius 1 is 1.10 bits per heavy atom. The highest BCUT2D eigenvalue weighted by Crippen LogP contribution is 2.18. The average Bonchev–Trinajstić information content (AvgIpc) is 2.37. The smallest absolute Gasteiger partial charge is 0.250 e. The summed E-state index contributed by atoms with van der Waals surface area (Å²) in [5, 5.41) is 0. The molecule has 0 aliphatic carbocycles. The quantitative estimate of drug-likeness (QED) is 0.893. The van der Waals surface area contributed by atoms with Crippen molar-refractivity contribution in [3.63, 3.8) is 0 Å². The largest absolute Gasteiger partial charge is 0.326 e. The molecule has 0 aliphatic rings. The zero-order chi connectivity index (χ0) is 14.7. The normalized spacial score (nSPS) is 12.6. The maximum Gasteiger partial charge on any atom is 0.250 e. The van der Waals surface area contributed by atoms with E-state index in [1.165, 1.54) is 12.4 Å². The van der Waals surface area contributed by atoms with Gasteiger partial charge in [0.25, 0.3) is 5.56 Å². The Hall–Kier alpha value is -2.17. The first-order chi connectivity index (χ1) is 9.45. The van der Waals surface area contributed by atoms with Gasteiger partial charge in [-0.15, -0.1) is 0 Å². The number of hydrogen-bond donors (Lipinski definition) is 2. The molecule has 1 atom stereocenters. The molecule has 106 valence electrons. The van der Waals surface area contributed by atoms with Gasteiger partial charge in [-0.05, 0) is 24.0 Å². The van der Waals surface area contributed by atoms with Gasteiger partial charge in [-0.2, -0.15) is 0 Å². The predicted octanol–water partition coefficient (Wildman–Crippen LogP) is 1.93. The van der Waals surface area contributed by atoms with E-state index >= 15 is 0 Å². The monoisotopic (exact) mass is 273 g/mol. The van der Waals surface area contributed by atoms with Crippen molar-refractivity contribution >= 4 is 0 Å². The van der Waals surface area contributed by atoms with Crippen LogP contribution in [0, 0.1) is 0 Å². The number of nitrogens with one attached hydrogen (secondary N) is 2. The molecule has 0 radical (unpaired) electrons. The van der Waals surface area contributed by atoms with Crippen molar-refractivity contribution < 1.29 is 0 Å². The van der Waals surface area contributed by atoms with Crippen LogP contribution in [0.25, 0.3) is 0 Å². The van der Waals surface area contributed by atoms with Crippen molar-refractivity contribution in [2.75, 3.05) is 0 Å². The van der Waals surface area contributed by atoms with Gasteiger partial charge in [0, 0.05) is 23.7 Å². The Morgan fingerprint density at radius 2 is 1.85 bits per heavy atom. The van der Waals surface area contributed by atoms with Gasteiger partial charge in [0.15, 0.2) is 0 Å². The second kappa shape index (κ2) is 5.86. The molecule has 2 aromatic rings. The van der Waals surface area contributed by atoms with E-state index in [-0.39, 0.29) is 23.0 Å². The summed E-state index contributed by atoms with van der Waals surface area (Å²) in [5.41, 5.74) is 2.39. The fourth-order valence-corrected chi connectivity index (χ4v) is 2.16. The van der Waals surface area contributed by atoms with Gasteiger partial charge >= 0.3 is 0 Å². The molecule has 0 aromatic carbocycles. The van der Waals surface area contributed by atoms with Crippen LogP contribution >= 0.6 is 0 Å². The molecule has 2 rings (SSSR count). The molecule has 0 aliphatic heterocycles. The van der Waals surface area contributed by atoms with Crippen molar-refractivity contribution in [3.05, 3.63) is 62.2 Å². The first kappa shape index (κ1) is 14.2. The molecule has 1 unspecified atom stereocenters. The molecule has 20 heavy (non-hydrogen) atoms. The highest BCUT2D eigenvalue weighted by molar-refractivity contribution is 5.21. The van der Waals surface area contributed by atoms with E-state index in [4.69, 9.17) is 0 Å². The number of aromatic amines is 2. The molecule has 0 saturated carbocycles. The molecule has 5 nitrogen and oxygen atoms in total. The van der Waals surface area contributed by atoms with Gasteiger partial charge < -0.3 is 9.97 Å². The first-order valence-electron chi connectivity index (χ1n) is 6.73. The summed E-state index contributed by atoms with van der Waals surface area (Å²) >= 11 is 0. The van der Waals surface area contributed by atoms with E-state index in [0.717, 1.165) is 17.0 Å². The minimum absolute atomic E-state index is 0.0825. The minimum Gasteiger partial charge on any atom is -0.326 e. The maximum absolute atomic E-state index is 11.7. The number of aromatic nitrogens is 3. The summed E-state index contributed by atoms with van der Waals surface area (Å²) in [6.45, 7) is 6.07. The van der Waals surface area contributed by atoms with Crippen LogP contribution in [0.3, 0.4) is 0 Å². The Bertz CT molecular complexity index is 701. The minimum atomic E-state index is -0.157. The SMILES string of the molecule is CC(C)c1cc(CC(C)c2cc(=O)[nH]cn2)cc(=O)[nH]1. The topological polar surface area (TPSA) is 78.6 Å². The lowest BCUT2D eigenvalue weighted by Crippen LogP contribution is -2.13. The molecule has 0 saturated heterocycles. The van der Waals surface area contributed by atoms with E-state index in [1.807, 2.05) is 26.8 Å². The second-order valence-corrected chi connectivity index (χ2v) is 5.40. The number of hydrogen-bond acceptors (Lipinski definition) is 3. The van der Waals surface area contributed by atoms with Crippen LogP contribution < -0.4 is 11.1 Å². The lowest BCUT2D eigenvalue weighted by atomic mass is 9.96. The molecule has 0 bridgehead atoms. The molecule has 2 N–H and O–H groups in total. The molecule has 5 heteroatoms. The standard InChI is InChI=1S/C15H19N3O2/c1-9(2)12-5-11(6-15(20)18-12)4-10(3)13-7-14(19)17-8-16-13/h5-10H,4H2,1-3H3,(H,18,20)(H,16,17,19). The molecule has 0 fully saturated rings. The van der Waals surface area contributed by atoms with Gasteiger partial charge in [0.05, 0.1) is 12.0 Å². The third-order valence-corrected chi connectivity index (χ3v) is 3.29. The number of H-pyrrole nitrogens is 2. The van der Waals surface area contributed by atoms with E-state index in [9.17, 15) is 9.59 Å². The molecule has 2 aromatic heterocycles. The highest BCUT2D eigenvalue weighted by Gasteiger charge is 2.11. The summed E-state index contributed by atoms with van der Waals surface area (Å²) < 4.78 is 0. The molecule has 0 amide bonds. The van der Waals surface area contributed by atoms with E-state index in [2.05, 4.69) is 15.0 Å². The fraction of sp³-hybridized carbons (Fsp3) is 0.400. The van der Waals surface area contributed by atoms with E-state index < -0.39 is 0 Å². The van der Waals surface area contributed by atoms with Gasteiger partial charge in [0.2, 0.25) is 5.56 Å². The average molecular weight is 273 g/mol.